The summed E-state index contributed by atoms with van der Waals surface area (Å²) < 4.78 is 0. The van der Waals surface area contributed by atoms with Crippen molar-refractivity contribution >= 4 is 17.6 Å². The molecule has 1 saturated heterocycles. The summed E-state index contributed by atoms with van der Waals surface area (Å²) in [6, 6.07) is 10.1. The van der Waals surface area contributed by atoms with E-state index in [1.54, 1.807) is 17.9 Å². The van der Waals surface area contributed by atoms with Crippen LogP contribution >= 0.6 is 0 Å². The minimum Gasteiger partial charge on any atom is -0.390 e. The van der Waals surface area contributed by atoms with Gasteiger partial charge in [-0.2, -0.15) is 0 Å². The highest BCUT2D eigenvalue weighted by atomic mass is 16.3. The molecule has 0 spiro atoms. The molecule has 0 radical (unpaired) electrons. The Bertz CT molecular complexity index is 968. The maximum absolute atomic E-state index is 12.5. The molecule has 1 fully saturated rings. The normalized spacial score (nSPS) is 19.3. The second-order valence-corrected chi connectivity index (χ2v) is 8.50. The van der Waals surface area contributed by atoms with Crippen LogP contribution in [0.3, 0.4) is 0 Å². The molecule has 9 nitrogen and oxygen atoms in total. The number of nitrogens with one attached hydrogen (secondary N) is 2. The Morgan fingerprint density at radius 2 is 2.03 bits per heavy atom. The van der Waals surface area contributed by atoms with Crippen LogP contribution in [0.5, 0.6) is 0 Å². The Morgan fingerprint density at radius 3 is 2.81 bits per heavy atom. The zero-order valence-corrected chi connectivity index (χ0v) is 18.3. The summed E-state index contributed by atoms with van der Waals surface area (Å²) in [5.74, 6) is 0.257. The number of rotatable bonds is 7. The summed E-state index contributed by atoms with van der Waals surface area (Å²) in [5.41, 5.74) is 2.90. The van der Waals surface area contributed by atoms with Crippen molar-refractivity contribution in [1.82, 2.24) is 25.1 Å². The largest absolute Gasteiger partial charge is 0.390 e. The molecule has 4 rings (SSSR count). The SMILES string of the molecule is CC(=O)N1CC[C@@H](Nc2cc(C(=O)NC[C@H](O)CN3CCc4ccccc4C3)ncn2)C1. The second-order valence-electron chi connectivity index (χ2n) is 8.50. The van der Waals surface area contributed by atoms with Crippen LogP contribution < -0.4 is 10.6 Å². The van der Waals surface area contributed by atoms with Crippen molar-refractivity contribution in [2.45, 2.75) is 38.5 Å². The van der Waals surface area contributed by atoms with E-state index in [0.717, 1.165) is 25.9 Å². The average Bonchev–Trinajstić information content (AvgIpc) is 3.26. The molecular formula is C23H30N6O3. The molecule has 2 atom stereocenters. The Balaban J connectivity index is 1.24. The second kappa shape index (κ2) is 10.1. The van der Waals surface area contributed by atoms with Crippen LogP contribution in [0.1, 0.15) is 35.0 Å². The van der Waals surface area contributed by atoms with E-state index in [-0.39, 0.29) is 30.1 Å². The van der Waals surface area contributed by atoms with Crippen LogP contribution in [0.4, 0.5) is 5.82 Å². The van der Waals surface area contributed by atoms with Crippen LogP contribution in [0.15, 0.2) is 36.7 Å². The standard InChI is InChI=1S/C23H30N6O3/c1-16(30)29-9-7-19(13-29)27-22-10-21(25-15-26-22)23(32)24-11-20(31)14-28-8-6-17-4-2-3-5-18(17)12-28/h2-5,10,15,19-20,31H,6-9,11-14H2,1H3,(H,24,32)(H,25,26,27)/t19-,20+/m1/s1. The number of aromatic nitrogens is 2. The average molecular weight is 439 g/mol. The molecule has 0 unspecified atom stereocenters. The van der Waals surface area contributed by atoms with Crippen molar-refractivity contribution in [2.75, 3.05) is 38.0 Å². The molecule has 1 aromatic carbocycles. The topological polar surface area (TPSA) is 111 Å². The van der Waals surface area contributed by atoms with Gasteiger partial charge in [0.1, 0.15) is 17.8 Å². The lowest BCUT2D eigenvalue weighted by molar-refractivity contribution is -0.127. The highest BCUT2D eigenvalue weighted by Crippen LogP contribution is 2.18. The van der Waals surface area contributed by atoms with Crippen molar-refractivity contribution in [2.24, 2.45) is 0 Å². The third-order valence-corrected chi connectivity index (χ3v) is 6.06. The highest BCUT2D eigenvalue weighted by molar-refractivity contribution is 5.92. The van der Waals surface area contributed by atoms with Gasteiger partial charge < -0.3 is 20.6 Å². The molecule has 2 aliphatic rings. The molecule has 170 valence electrons. The summed E-state index contributed by atoms with van der Waals surface area (Å²) in [6.45, 7) is 5.25. The first-order chi connectivity index (χ1) is 15.5. The van der Waals surface area contributed by atoms with Gasteiger partial charge in [0.2, 0.25) is 5.91 Å². The minimum atomic E-state index is -0.667. The first-order valence-corrected chi connectivity index (χ1v) is 11.1. The van der Waals surface area contributed by atoms with Crippen molar-refractivity contribution in [3.63, 3.8) is 0 Å². The molecule has 0 saturated carbocycles. The number of carbonyl (C=O) groups excluding carboxylic acids is 2. The number of nitrogens with zero attached hydrogens (tertiary/aromatic N) is 4. The smallest absolute Gasteiger partial charge is 0.270 e. The monoisotopic (exact) mass is 438 g/mol. The number of β-amino-alcohol motifs (C(OH)–C–C–N with tert-alkyl or cyclic N) is 1. The Labute approximate surface area is 187 Å². The van der Waals surface area contributed by atoms with Gasteiger partial charge >= 0.3 is 0 Å². The maximum atomic E-state index is 12.5. The van der Waals surface area contributed by atoms with Gasteiger partial charge in [-0.15, -0.1) is 0 Å². The van der Waals surface area contributed by atoms with Gasteiger partial charge in [-0.05, 0) is 24.0 Å². The van der Waals surface area contributed by atoms with Gasteiger partial charge in [-0.1, -0.05) is 24.3 Å². The summed E-state index contributed by atoms with van der Waals surface area (Å²) in [7, 11) is 0. The van der Waals surface area contributed by atoms with E-state index in [4.69, 9.17) is 0 Å². The molecule has 2 aliphatic heterocycles. The van der Waals surface area contributed by atoms with Crippen LogP contribution in [0, 0.1) is 0 Å². The van der Waals surface area contributed by atoms with E-state index in [2.05, 4.69) is 43.7 Å². The fourth-order valence-electron chi connectivity index (χ4n) is 4.31. The highest BCUT2D eigenvalue weighted by Gasteiger charge is 2.24. The lowest BCUT2D eigenvalue weighted by atomic mass is 10.00. The van der Waals surface area contributed by atoms with E-state index in [1.165, 1.54) is 17.5 Å². The van der Waals surface area contributed by atoms with Crippen LogP contribution in [0.25, 0.3) is 0 Å². The molecule has 2 amide bonds. The molecular weight excluding hydrogens is 408 g/mol. The number of aliphatic hydroxyl groups is 1. The molecule has 2 aromatic rings. The van der Waals surface area contributed by atoms with E-state index < -0.39 is 6.10 Å². The number of amides is 2. The fourth-order valence-corrected chi connectivity index (χ4v) is 4.31. The Hall–Kier alpha value is -3.04. The lowest BCUT2D eigenvalue weighted by Gasteiger charge is -2.30. The van der Waals surface area contributed by atoms with Gasteiger partial charge in [-0.25, -0.2) is 9.97 Å². The Kier molecular flexibility index (Phi) is 6.96. The van der Waals surface area contributed by atoms with Crippen LogP contribution in [-0.4, -0.2) is 81.6 Å². The number of carbonyl (C=O) groups is 2. The molecule has 3 heterocycles. The minimum absolute atomic E-state index is 0.0596. The fraction of sp³-hybridized carbons (Fsp3) is 0.478. The van der Waals surface area contributed by atoms with Crippen LogP contribution in [-0.2, 0) is 17.8 Å². The molecule has 0 bridgehead atoms. The quantitative estimate of drug-likeness (QED) is 0.582. The van der Waals surface area contributed by atoms with Gasteiger partial charge in [0.25, 0.3) is 5.91 Å². The zero-order valence-electron chi connectivity index (χ0n) is 18.3. The van der Waals surface area contributed by atoms with Crippen molar-refractivity contribution < 1.29 is 14.7 Å². The van der Waals surface area contributed by atoms with E-state index in [1.807, 2.05) is 6.07 Å². The lowest BCUT2D eigenvalue weighted by Crippen LogP contribution is -2.42. The molecule has 32 heavy (non-hydrogen) atoms. The summed E-state index contributed by atoms with van der Waals surface area (Å²) in [5, 5.41) is 16.5. The Morgan fingerprint density at radius 1 is 1.22 bits per heavy atom. The van der Waals surface area contributed by atoms with Crippen molar-refractivity contribution in [3.8, 4) is 0 Å². The van der Waals surface area contributed by atoms with E-state index >= 15 is 0 Å². The number of aliphatic hydroxyl groups excluding tert-OH is 1. The number of benzene rings is 1. The van der Waals surface area contributed by atoms with Crippen LogP contribution in [0.2, 0.25) is 0 Å². The third kappa shape index (κ3) is 5.60. The third-order valence-electron chi connectivity index (χ3n) is 6.06. The van der Waals surface area contributed by atoms with E-state index in [9.17, 15) is 14.7 Å². The molecule has 3 N–H and O–H groups in total. The predicted octanol–water partition coefficient (Wildman–Crippen LogP) is 0.658. The first-order valence-electron chi connectivity index (χ1n) is 11.1. The van der Waals surface area contributed by atoms with Gasteiger partial charge in [-0.3, -0.25) is 14.5 Å². The van der Waals surface area contributed by atoms with Gasteiger partial charge in [0.05, 0.1) is 6.10 Å². The molecule has 9 heteroatoms. The summed E-state index contributed by atoms with van der Waals surface area (Å²) in [6.07, 6.45) is 2.48. The maximum Gasteiger partial charge on any atom is 0.270 e. The zero-order chi connectivity index (χ0) is 22.5. The van der Waals surface area contributed by atoms with Crippen molar-refractivity contribution in [3.05, 3.63) is 53.5 Å². The first kappa shape index (κ1) is 22.2. The summed E-state index contributed by atoms with van der Waals surface area (Å²) >= 11 is 0. The van der Waals surface area contributed by atoms with E-state index in [0.29, 0.717) is 25.5 Å². The number of hydrogen-bond donors (Lipinski definition) is 3. The molecule has 0 aliphatic carbocycles. The number of likely N-dealkylation sites (tertiary alicyclic amines) is 1. The number of anilines is 1. The van der Waals surface area contributed by atoms with Gasteiger partial charge in [0.15, 0.2) is 0 Å². The predicted molar refractivity (Wildman–Crippen MR) is 120 cm³/mol. The number of hydrogen-bond acceptors (Lipinski definition) is 7. The van der Waals surface area contributed by atoms with Crippen molar-refractivity contribution in [1.29, 1.82) is 0 Å². The number of fused-ring (bicyclic) bond motifs is 1. The van der Waals surface area contributed by atoms with Gasteiger partial charge in [0, 0.05) is 58.3 Å². The molecule has 1 aromatic heterocycles. The summed E-state index contributed by atoms with van der Waals surface area (Å²) in [4.78, 5) is 36.3.